The zero-order chi connectivity index (χ0) is 17.1. The first-order chi connectivity index (χ1) is 12.3. The Balaban J connectivity index is 1.57. The van der Waals surface area contributed by atoms with Gasteiger partial charge in [-0.3, -0.25) is 0 Å². The highest BCUT2D eigenvalue weighted by Gasteiger charge is 2.15. The Morgan fingerprint density at radius 2 is 2.28 bits per heavy atom. The Labute approximate surface area is 146 Å². The van der Waals surface area contributed by atoms with Gasteiger partial charge in [-0.2, -0.15) is 5.10 Å². The van der Waals surface area contributed by atoms with Gasteiger partial charge >= 0.3 is 0 Å². The number of benzene rings is 1. The monoisotopic (exact) mass is 336 g/mol. The number of aromatic nitrogens is 4. The van der Waals surface area contributed by atoms with Crippen molar-refractivity contribution in [2.75, 3.05) is 25.5 Å². The predicted molar refractivity (Wildman–Crippen MR) is 96.0 cm³/mol. The summed E-state index contributed by atoms with van der Waals surface area (Å²) in [6.45, 7) is 1.98. The van der Waals surface area contributed by atoms with E-state index in [1.165, 1.54) is 0 Å². The van der Waals surface area contributed by atoms with E-state index in [-0.39, 0.29) is 0 Å². The maximum Gasteiger partial charge on any atom is 0.223 e. The Kier molecular flexibility index (Phi) is 4.30. The van der Waals surface area contributed by atoms with Gasteiger partial charge in [0.05, 0.1) is 24.7 Å². The number of nitrogens with zero attached hydrogens (tertiary/aromatic N) is 4. The van der Waals surface area contributed by atoms with E-state index in [2.05, 4.69) is 25.7 Å². The third-order valence-electron chi connectivity index (χ3n) is 4.25. The van der Waals surface area contributed by atoms with E-state index in [9.17, 15) is 0 Å². The molecule has 0 aliphatic carbocycles. The fourth-order valence-electron chi connectivity index (χ4n) is 2.90. The van der Waals surface area contributed by atoms with Gasteiger partial charge in [-0.1, -0.05) is 6.07 Å². The molecule has 2 aromatic heterocycles. The fraction of sp³-hybridized carbons (Fsp3) is 0.278. The summed E-state index contributed by atoms with van der Waals surface area (Å²) in [6.07, 6.45) is 6.62. The molecule has 1 aliphatic heterocycles. The van der Waals surface area contributed by atoms with Crippen LogP contribution < -0.4 is 15.4 Å². The smallest absolute Gasteiger partial charge is 0.223 e. The van der Waals surface area contributed by atoms with Crippen LogP contribution in [0.2, 0.25) is 0 Å². The molecule has 7 nitrogen and oxygen atoms in total. The van der Waals surface area contributed by atoms with Crippen LogP contribution in [0.5, 0.6) is 5.75 Å². The third kappa shape index (κ3) is 3.46. The van der Waals surface area contributed by atoms with Gasteiger partial charge in [-0.05, 0) is 31.2 Å². The van der Waals surface area contributed by atoms with Gasteiger partial charge in [0.25, 0.3) is 0 Å². The number of hydrogen-bond donors (Lipinski definition) is 2. The van der Waals surface area contributed by atoms with Gasteiger partial charge in [0.2, 0.25) is 5.95 Å². The number of hydrogen-bond acceptors (Lipinski definition) is 6. The Morgan fingerprint density at radius 3 is 3.12 bits per heavy atom. The van der Waals surface area contributed by atoms with Crippen LogP contribution in [0.3, 0.4) is 0 Å². The van der Waals surface area contributed by atoms with Crippen LogP contribution in [0.15, 0.2) is 48.9 Å². The predicted octanol–water partition coefficient (Wildman–Crippen LogP) is 2.11. The minimum atomic E-state index is 0.384. The third-order valence-corrected chi connectivity index (χ3v) is 4.25. The molecule has 0 radical (unpaired) electrons. The van der Waals surface area contributed by atoms with Crippen molar-refractivity contribution in [3.05, 3.63) is 48.9 Å². The molecule has 1 aromatic carbocycles. The molecule has 1 unspecified atom stereocenters. The van der Waals surface area contributed by atoms with Crippen LogP contribution in [0.1, 0.15) is 6.42 Å². The second kappa shape index (κ2) is 6.90. The molecule has 0 saturated carbocycles. The van der Waals surface area contributed by atoms with Gasteiger partial charge < -0.3 is 15.4 Å². The van der Waals surface area contributed by atoms with Gasteiger partial charge in [0.15, 0.2) is 0 Å². The molecule has 0 bridgehead atoms. The van der Waals surface area contributed by atoms with Crippen molar-refractivity contribution < 1.29 is 4.74 Å². The lowest BCUT2D eigenvalue weighted by atomic mass is 10.2. The molecule has 4 rings (SSSR count). The normalized spacial score (nSPS) is 16.8. The summed E-state index contributed by atoms with van der Waals surface area (Å²) >= 11 is 0. The summed E-state index contributed by atoms with van der Waals surface area (Å²) < 4.78 is 7.09. The zero-order valence-electron chi connectivity index (χ0n) is 14.0. The molecule has 3 aromatic rings. The minimum absolute atomic E-state index is 0.384. The molecule has 1 fully saturated rings. The summed E-state index contributed by atoms with van der Waals surface area (Å²) in [7, 11) is 1.66. The summed E-state index contributed by atoms with van der Waals surface area (Å²) in [6, 6.07) is 10.1. The molecule has 3 heterocycles. The number of anilines is 1. The number of methoxy groups -OCH3 is 1. The molecular weight excluding hydrogens is 316 g/mol. The average molecular weight is 336 g/mol. The quantitative estimate of drug-likeness (QED) is 0.743. The second-order valence-corrected chi connectivity index (χ2v) is 5.97. The summed E-state index contributed by atoms with van der Waals surface area (Å²) in [5, 5.41) is 11.1. The first kappa shape index (κ1) is 15.6. The van der Waals surface area contributed by atoms with E-state index in [1.807, 2.05) is 47.4 Å². The van der Waals surface area contributed by atoms with E-state index in [1.54, 1.807) is 13.3 Å². The summed E-state index contributed by atoms with van der Waals surface area (Å²) in [5.74, 6) is 1.45. The molecule has 1 atom stereocenters. The topological polar surface area (TPSA) is 76.9 Å². The second-order valence-electron chi connectivity index (χ2n) is 5.97. The van der Waals surface area contributed by atoms with Crippen molar-refractivity contribution in [1.82, 2.24) is 25.1 Å². The Bertz CT molecular complexity index is 856. The number of nitrogens with one attached hydrogen (secondary N) is 2. The van der Waals surface area contributed by atoms with Gasteiger partial charge in [-0.15, -0.1) is 0 Å². The van der Waals surface area contributed by atoms with Crippen molar-refractivity contribution >= 4 is 5.95 Å². The molecule has 128 valence electrons. The van der Waals surface area contributed by atoms with Crippen LogP contribution in [0, 0.1) is 0 Å². The lowest BCUT2D eigenvalue weighted by molar-refractivity contribution is 0.414. The standard InChI is InChI=1S/C18H20N6O/c1-25-16-4-2-3-15(9-16)24-12-13(10-21-24)17-6-8-20-18(23-17)22-14-5-7-19-11-14/h2-4,6,8-10,12,14,19H,5,7,11H2,1H3,(H,20,22,23). The van der Waals surface area contributed by atoms with Gasteiger partial charge in [0, 0.05) is 36.6 Å². The van der Waals surface area contributed by atoms with Crippen LogP contribution in [0.4, 0.5) is 5.95 Å². The summed E-state index contributed by atoms with van der Waals surface area (Å²) in [5.41, 5.74) is 2.73. The zero-order valence-corrected chi connectivity index (χ0v) is 14.0. The van der Waals surface area contributed by atoms with E-state index < -0.39 is 0 Å². The molecular formula is C18H20N6O. The van der Waals surface area contributed by atoms with Crippen LogP contribution in [-0.2, 0) is 0 Å². The number of ether oxygens (including phenoxy) is 1. The fourth-order valence-corrected chi connectivity index (χ4v) is 2.90. The lowest BCUT2D eigenvalue weighted by Crippen LogP contribution is -2.23. The SMILES string of the molecule is COc1cccc(-n2cc(-c3ccnc(NC4CCNC4)n3)cn2)c1. The Hall–Kier alpha value is -2.93. The maximum atomic E-state index is 5.27. The summed E-state index contributed by atoms with van der Waals surface area (Å²) in [4.78, 5) is 8.94. The van der Waals surface area contributed by atoms with E-state index in [0.29, 0.717) is 12.0 Å². The first-order valence-electron chi connectivity index (χ1n) is 8.31. The highest BCUT2D eigenvalue weighted by molar-refractivity contribution is 5.59. The Morgan fingerprint density at radius 1 is 1.32 bits per heavy atom. The molecule has 0 spiro atoms. The molecule has 25 heavy (non-hydrogen) atoms. The van der Waals surface area contributed by atoms with E-state index in [4.69, 9.17) is 4.74 Å². The van der Waals surface area contributed by atoms with Crippen molar-refractivity contribution in [2.45, 2.75) is 12.5 Å². The molecule has 2 N–H and O–H groups in total. The van der Waals surface area contributed by atoms with Crippen LogP contribution in [0.25, 0.3) is 16.9 Å². The highest BCUT2D eigenvalue weighted by Crippen LogP contribution is 2.21. The molecule has 1 saturated heterocycles. The molecule has 0 amide bonds. The van der Waals surface area contributed by atoms with Gasteiger partial charge in [-0.25, -0.2) is 14.6 Å². The molecule has 7 heteroatoms. The highest BCUT2D eigenvalue weighted by atomic mass is 16.5. The van der Waals surface area contributed by atoms with Gasteiger partial charge in [0.1, 0.15) is 5.75 Å². The van der Waals surface area contributed by atoms with Crippen molar-refractivity contribution in [2.24, 2.45) is 0 Å². The minimum Gasteiger partial charge on any atom is -0.497 e. The number of rotatable bonds is 5. The maximum absolute atomic E-state index is 5.27. The van der Waals surface area contributed by atoms with Crippen LogP contribution >= 0.6 is 0 Å². The largest absolute Gasteiger partial charge is 0.497 e. The molecule has 1 aliphatic rings. The first-order valence-corrected chi connectivity index (χ1v) is 8.31. The van der Waals surface area contributed by atoms with Crippen LogP contribution in [-0.4, -0.2) is 46.0 Å². The lowest BCUT2D eigenvalue weighted by Gasteiger charge is -2.11. The van der Waals surface area contributed by atoms with E-state index >= 15 is 0 Å². The van der Waals surface area contributed by atoms with Crippen molar-refractivity contribution in [3.63, 3.8) is 0 Å². The van der Waals surface area contributed by atoms with Crippen molar-refractivity contribution in [1.29, 1.82) is 0 Å². The average Bonchev–Trinajstić information content (AvgIpc) is 3.34. The van der Waals surface area contributed by atoms with Crippen molar-refractivity contribution in [3.8, 4) is 22.7 Å². The van der Waals surface area contributed by atoms with E-state index in [0.717, 1.165) is 42.2 Å².